The van der Waals surface area contributed by atoms with Gasteiger partial charge >= 0.3 is 0 Å². The Morgan fingerprint density at radius 2 is 2.10 bits per heavy atom. The van der Waals surface area contributed by atoms with Crippen LogP contribution in [0.15, 0.2) is 58.7 Å². The number of rotatable bonds is 5. The predicted molar refractivity (Wildman–Crippen MR) is 86.7 cm³/mol. The van der Waals surface area contributed by atoms with E-state index in [1.54, 1.807) is 18.3 Å². The van der Waals surface area contributed by atoms with E-state index in [4.69, 9.17) is 11.6 Å². The van der Waals surface area contributed by atoms with Gasteiger partial charge in [-0.15, -0.1) is 11.8 Å². The molecule has 6 heteroatoms. The first-order valence-corrected chi connectivity index (χ1v) is 7.57. The van der Waals surface area contributed by atoms with E-state index < -0.39 is 0 Å². The first-order chi connectivity index (χ1) is 10.1. The molecule has 2 rings (SSSR count). The third-order valence-electron chi connectivity index (χ3n) is 2.56. The number of pyridine rings is 1. The Kier molecular flexibility index (Phi) is 5.78. The molecule has 0 unspecified atom stereocenters. The van der Waals surface area contributed by atoms with E-state index >= 15 is 0 Å². The fourth-order valence-corrected chi connectivity index (χ4v) is 2.46. The minimum atomic E-state index is -0.257. The highest BCUT2D eigenvalue weighted by molar-refractivity contribution is 8.00. The number of carbonyl (C=O) groups is 1. The number of carbonyl (C=O) groups excluding carboxylic acids is 1. The Labute approximate surface area is 132 Å². The van der Waals surface area contributed by atoms with Gasteiger partial charge in [-0.3, -0.25) is 9.78 Å². The van der Waals surface area contributed by atoms with Crippen molar-refractivity contribution in [2.24, 2.45) is 5.10 Å². The summed E-state index contributed by atoms with van der Waals surface area (Å²) < 4.78 is 0. The van der Waals surface area contributed by atoms with Crippen LogP contribution in [-0.4, -0.2) is 22.4 Å². The quantitative estimate of drug-likeness (QED) is 0.522. The highest BCUT2D eigenvalue weighted by Crippen LogP contribution is 2.24. The lowest BCUT2D eigenvalue weighted by atomic mass is 10.4. The van der Waals surface area contributed by atoms with Crippen LogP contribution in [0.3, 0.4) is 0 Å². The summed E-state index contributed by atoms with van der Waals surface area (Å²) in [5.74, 6) is -0.165. The van der Waals surface area contributed by atoms with E-state index in [0.29, 0.717) is 10.7 Å². The molecule has 0 saturated heterocycles. The van der Waals surface area contributed by atoms with Gasteiger partial charge in [0.25, 0.3) is 5.91 Å². The lowest BCUT2D eigenvalue weighted by molar-refractivity contribution is -0.120. The maximum atomic E-state index is 11.9. The Morgan fingerprint density at radius 3 is 2.76 bits per heavy atom. The van der Waals surface area contributed by atoms with Gasteiger partial charge in [-0.2, -0.15) is 5.10 Å². The Morgan fingerprint density at radius 1 is 1.33 bits per heavy atom. The van der Waals surface area contributed by atoms with Gasteiger partial charge in [0.2, 0.25) is 0 Å². The molecule has 0 saturated carbocycles. The summed E-state index contributed by atoms with van der Waals surface area (Å²) in [7, 11) is 0. The van der Waals surface area contributed by atoms with Gasteiger partial charge < -0.3 is 0 Å². The minimum Gasteiger partial charge on any atom is -0.272 e. The molecule has 2 aromatic rings. The summed E-state index contributed by atoms with van der Waals surface area (Å²) >= 11 is 7.27. The molecule has 0 bridgehead atoms. The molecule has 4 nitrogen and oxygen atoms in total. The molecule has 108 valence electrons. The standard InChI is InChI=1S/C15H14ClN3OS/c1-11(21-14-7-5-12(16)6-8-14)15(20)19-18-10-13-4-2-3-9-17-13/h2-11H,1H3,(H,19,20)/b18-10-/t11-/m0/s1. The molecular weight excluding hydrogens is 306 g/mol. The third-order valence-corrected chi connectivity index (χ3v) is 3.92. The van der Waals surface area contributed by atoms with Crippen molar-refractivity contribution in [1.82, 2.24) is 10.4 Å². The highest BCUT2D eigenvalue weighted by Gasteiger charge is 2.13. The zero-order chi connectivity index (χ0) is 15.1. The van der Waals surface area contributed by atoms with Crippen molar-refractivity contribution < 1.29 is 4.79 Å². The monoisotopic (exact) mass is 319 g/mol. The summed E-state index contributed by atoms with van der Waals surface area (Å²) in [6, 6.07) is 12.8. The van der Waals surface area contributed by atoms with Crippen molar-refractivity contribution in [3.05, 3.63) is 59.4 Å². The van der Waals surface area contributed by atoms with E-state index in [0.717, 1.165) is 4.90 Å². The van der Waals surface area contributed by atoms with Crippen LogP contribution < -0.4 is 5.43 Å². The van der Waals surface area contributed by atoms with E-state index in [1.165, 1.54) is 18.0 Å². The molecule has 21 heavy (non-hydrogen) atoms. The molecule has 0 spiro atoms. The maximum absolute atomic E-state index is 11.9. The summed E-state index contributed by atoms with van der Waals surface area (Å²) in [5, 5.41) is 4.32. The second-order valence-corrected chi connectivity index (χ2v) is 6.05. The van der Waals surface area contributed by atoms with Gasteiger partial charge in [0, 0.05) is 16.1 Å². The second-order valence-electron chi connectivity index (χ2n) is 4.20. The van der Waals surface area contributed by atoms with Crippen molar-refractivity contribution in [3.63, 3.8) is 0 Å². The Bertz CT molecular complexity index is 617. The second kappa shape index (κ2) is 7.81. The molecule has 1 aromatic carbocycles. The molecule has 1 N–H and O–H groups in total. The first-order valence-electron chi connectivity index (χ1n) is 6.31. The zero-order valence-electron chi connectivity index (χ0n) is 11.4. The number of hydrogen-bond acceptors (Lipinski definition) is 4. The molecule has 0 fully saturated rings. The van der Waals surface area contributed by atoms with Crippen LogP contribution in [-0.2, 0) is 4.79 Å². The van der Waals surface area contributed by atoms with E-state index in [2.05, 4.69) is 15.5 Å². The Balaban J connectivity index is 1.85. The smallest absolute Gasteiger partial charge is 0.253 e. The van der Waals surface area contributed by atoms with E-state index in [1.807, 2.05) is 37.3 Å². The number of nitrogens with one attached hydrogen (secondary N) is 1. The average molecular weight is 320 g/mol. The molecule has 1 atom stereocenters. The fraction of sp³-hybridized carbons (Fsp3) is 0.133. The number of aromatic nitrogens is 1. The van der Waals surface area contributed by atoms with Crippen LogP contribution in [0, 0.1) is 0 Å². The van der Waals surface area contributed by atoms with Gasteiger partial charge in [0.1, 0.15) is 0 Å². The zero-order valence-corrected chi connectivity index (χ0v) is 12.9. The molecule has 0 aliphatic carbocycles. The summed E-state index contributed by atoms with van der Waals surface area (Å²) in [5.41, 5.74) is 3.20. The summed E-state index contributed by atoms with van der Waals surface area (Å²) in [6.07, 6.45) is 3.18. The van der Waals surface area contributed by atoms with Gasteiger partial charge in [0.05, 0.1) is 17.2 Å². The molecule has 1 aromatic heterocycles. The normalized spacial score (nSPS) is 12.3. The number of benzene rings is 1. The minimum absolute atomic E-state index is 0.165. The van der Waals surface area contributed by atoms with Crippen molar-refractivity contribution in [3.8, 4) is 0 Å². The van der Waals surface area contributed by atoms with Gasteiger partial charge in [-0.05, 0) is 43.3 Å². The highest BCUT2D eigenvalue weighted by atomic mass is 35.5. The predicted octanol–water partition coefficient (Wildman–Crippen LogP) is 3.37. The van der Waals surface area contributed by atoms with Crippen LogP contribution in [0.4, 0.5) is 0 Å². The van der Waals surface area contributed by atoms with E-state index in [-0.39, 0.29) is 11.2 Å². The lowest BCUT2D eigenvalue weighted by Gasteiger charge is -2.09. The molecule has 0 radical (unpaired) electrons. The van der Waals surface area contributed by atoms with Crippen LogP contribution in [0.2, 0.25) is 5.02 Å². The summed E-state index contributed by atoms with van der Waals surface area (Å²) in [4.78, 5) is 17.0. The number of nitrogens with zero attached hydrogens (tertiary/aromatic N) is 2. The molecular formula is C15H14ClN3OS. The third kappa shape index (κ3) is 5.21. The largest absolute Gasteiger partial charge is 0.272 e. The van der Waals surface area contributed by atoms with Crippen LogP contribution in [0.1, 0.15) is 12.6 Å². The molecule has 0 aliphatic heterocycles. The van der Waals surface area contributed by atoms with Gasteiger partial charge in [-0.25, -0.2) is 5.43 Å². The summed E-state index contributed by atoms with van der Waals surface area (Å²) in [6.45, 7) is 1.82. The molecule has 0 aliphatic rings. The van der Waals surface area contributed by atoms with Gasteiger partial charge in [-0.1, -0.05) is 17.7 Å². The topological polar surface area (TPSA) is 54.4 Å². The number of hydrogen-bond donors (Lipinski definition) is 1. The van der Waals surface area contributed by atoms with Crippen molar-refractivity contribution >= 4 is 35.5 Å². The van der Waals surface area contributed by atoms with Crippen LogP contribution >= 0.6 is 23.4 Å². The maximum Gasteiger partial charge on any atom is 0.253 e. The van der Waals surface area contributed by atoms with Crippen molar-refractivity contribution in [2.75, 3.05) is 0 Å². The number of halogens is 1. The fourth-order valence-electron chi connectivity index (χ4n) is 1.48. The first kappa shape index (κ1) is 15.5. The number of hydrazone groups is 1. The molecule has 1 heterocycles. The van der Waals surface area contributed by atoms with Crippen LogP contribution in [0.5, 0.6) is 0 Å². The Hall–Kier alpha value is -1.85. The van der Waals surface area contributed by atoms with Crippen molar-refractivity contribution in [2.45, 2.75) is 17.1 Å². The molecule has 1 amide bonds. The number of amides is 1. The van der Waals surface area contributed by atoms with Crippen molar-refractivity contribution in [1.29, 1.82) is 0 Å². The van der Waals surface area contributed by atoms with Gasteiger partial charge in [0.15, 0.2) is 0 Å². The average Bonchev–Trinajstić information content (AvgIpc) is 2.50. The van der Waals surface area contributed by atoms with E-state index in [9.17, 15) is 4.79 Å². The SMILES string of the molecule is C[C@H](Sc1ccc(Cl)cc1)C(=O)N/N=C\c1ccccn1. The van der Waals surface area contributed by atoms with Crippen LogP contribution in [0.25, 0.3) is 0 Å². The number of thioether (sulfide) groups is 1. The lowest BCUT2D eigenvalue weighted by Crippen LogP contribution is -2.26.